The number of ether oxygens (including phenoxy) is 1. The number of hydrogen-bond acceptors (Lipinski definition) is 5. The van der Waals surface area contributed by atoms with Gasteiger partial charge in [0.1, 0.15) is 0 Å². The number of methoxy groups -OCH3 is 1. The number of amides is 1. The van der Waals surface area contributed by atoms with Crippen LogP contribution in [0.25, 0.3) is 0 Å². The second kappa shape index (κ2) is 6.66. The summed E-state index contributed by atoms with van der Waals surface area (Å²) >= 11 is 0. The van der Waals surface area contributed by atoms with Gasteiger partial charge < -0.3 is 9.64 Å². The summed E-state index contributed by atoms with van der Waals surface area (Å²) in [6.07, 6.45) is 5.27. The summed E-state index contributed by atoms with van der Waals surface area (Å²) in [7, 11) is 1.36. The van der Waals surface area contributed by atoms with Crippen LogP contribution in [0.2, 0.25) is 0 Å². The predicted molar refractivity (Wildman–Crippen MR) is 86.8 cm³/mol. The van der Waals surface area contributed by atoms with Gasteiger partial charge >= 0.3 is 5.69 Å². The van der Waals surface area contributed by atoms with E-state index in [1.807, 2.05) is 12.1 Å². The molecule has 1 aromatic carbocycles. The van der Waals surface area contributed by atoms with Crippen LogP contribution in [0, 0.1) is 10.1 Å². The number of benzene rings is 1. The SMILES string of the molecule is COc1ccc(C(=O)N(Cc2ccncc2)C2CC2)cc1[N+](=O)[O-]. The summed E-state index contributed by atoms with van der Waals surface area (Å²) in [5, 5.41) is 11.2. The smallest absolute Gasteiger partial charge is 0.311 e. The van der Waals surface area contributed by atoms with E-state index in [1.54, 1.807) is 23.4 Å². The van der Waals surface area contributed by atoms with Crippen molar-refractivity contribution in [3.05, 3.63) is 64.0 Å². The molecule has 1 aliphatic carbocycles. The van der Waals surface area contributed by atoms with Crippen LogP contribution in [0.4, 0.5) is 5.69 Å². The Balaban J connectivity index is 1.88. The molecule has 1 aromatic heterocycles. The van der Waals surface area contributed by atoms with Crippen molar-refractivity contribution in [1.82, 2.24) is 9.88 Å². The minimum Gasteiger partial charge on any atom is -0.490 e. The molecule has 0 bridgehead atoms. The van der Waals surface area contributed by atoms with Crippen molar-refractivity contribution in [3.8, 4) is 5.75 Å². The summed E-state index contributed by atoms with van der Waals surface area (Å²) in [6, 6.07) is 8.21. The first-order valence-corrected chi connectivity index (χ1v) is 7.62. The Morgan fingerprint density at radius 2 is 2.04 bits per heavy atom. The Hall–Kier alpha value is -2.96. The van der Waals surface area contributed by atoms with Gasteiger partial charge in [-0.1, -0.05) is 0 Å². The van der Waals surface area contributed by atoms with E-state index in [0.717, 1.165) is 18.4 Å². The van der Waals surface area contributed by atoms with Crippen LogP contribution in [0.3, 0.4) is 0 Å². The fourth-order valence-electron chi connectivity index (χ4n) is 2.57. The van der Waals surface area contributed by atoms with Crippen LogP contribution >= 0.6 is 0 Å². The maximum atomic E-state index is 12.9. The van der Waals surface area contributed by atoms with Crippen molar-refractivity contribution in [1.29, 1.82) is 0 Å². The second-order valence-electron chi connectivity index (χ2n) is 5.66. The van der Waals surface area contributed by atoms with E-state index in [2.05, 4.69) is 4.98 Å². The minimum absolute atomic E-state index is 0.142. The van der Waals surface area contributed by atoms with Crippen LogP contribution in [-0.2, 0) is 6.54 Å². The molecule has 7 nitrogen and oxygen atoms in total. The lowest BCUT2D eigenvalue weighted by Gasteiger charge is -2.22. The molecule has 0 spiro atoms. The molecule has 0 saturated heterocycles. The Morgan fingerprint density at radius 1 is 1.33 bits per heavy atom. The average molecular weight is 327 g/mol. The van der Waals surface area contributed by atoms with E-state index < -0.39 is 4.92 Å². The van der Waals surface area contributed by atoms with Crippen LogP contribution in [-0.4, -0.2) is 33.9 Å². The average Bonchev–Trinajstić information content (AvgIpc) is 3.44. The number of carbonyl (C=O) groups is 1. The zero-order valence-corrected chi connectivity index (χ0v) is 13.2. The normalized spacial score (nSPS) is 13.4. The van der Waals surface area contributed by atoms with Gasteiger partial charge in [0.2, 0.25) is 0 Å². The quantitative estimate of drug-likeness (QED) is 0.601. The molecule has 0 radical (unpaired) electrons. The third-order valence-electron chi connectivity index (χ3n) is 3.97. The predicted octanol–water partition coefficient (Wildman–Crippen LogP) is 2.80. The molecule has 1 heterocycles. The lowest BCUT2D eigenvalue weighted by molar-refractivity contribution is -0.385. The number of carbonyl (C=O) groups excluding carboxylic acids is 1. The molecule has 24 heavy (non-hydrogen) atoms. The fourth-order valence-corrected chi connectivity index (χ4v) is 2.57. The number of nitrogens with zero attached hydrogens (tertiary/aromatic N) is 3. The highest BCUT2D eigenvalue weighted by atomic mass is 16.6. The summed E-state index contributed by atoms with van der Waals surface area (Å²) in [5.41, 5.74) is 1.07. The van der Waals surface area contributed by atoms with Gasteiger partial charge in [-0.05, 0) is 42.7 Å². The lowest BCUT2D eigenvalue weighted by Crippen LogP contribution is -2.32. The molecule has 1 amide bonds. The van der Waals surface area contributed by atoms with E-state index in [-0.39, 0.29) is 23.4 Å². The van der Waals surface area contributed by atoms with Gasteiger partial charge in [0.15, 0.2) is 5.75 Å². The molecule has 2 aromatic rings. The zero-order valence-electron chi connectivity index (χ0n) is 13.2. The van der Waals surface area contributed by atoms with Crippen molar-refractivity contribution >= 4 is 11.6 Å². The first kappa shape index (κ1) is 15.9. The molecule has 7 heteroatoms. The zero-order chi connectivity index (χ0) is 17.1. The number of nitro benzene ring substituents is 1. The summed E-state index contributed by atoms with van der Waals surface area (Å²) < 4.78 is 4.98. The standard InChI is InChI=1S/C17H17N3O4/c1-24-16-5-2-13(10-15(16)20(22)23)17(21)19(14-3-4-14)11-12-6-8-18-9-7-12/h2,5-10,14H,3-4,11H2,1H3. The van der Waals surface area contributed by atoms with E-state index in [1.165, 1.54) is 19.2 Å². The Morgan fingerprint density at radius 3 is 2.62 bits per heavy atom. The van der Waals surface area contributed by atoms with Crippen LogP contribution in [0.1, 0.15) is 28.8 Å². The van der Waals surface area contributed by atoms with Crippen molar-refractivity contribution in [3.63, 3.8) is 0 Å². The van der Waals surface area contributed by atoms with E-state index in [0.29, 0.717) is 12.1 Å². The van der Waals surface area contributed by atoms with Gasteiger partial charge in [-0.15, -0.1) is 0 Å². The summed E-state index contributed by atoms with van der Waals surface area (Å²) in [5.74, 6) is -0.0660. The topological polar surface area (TPSA) is 85.6 Å². The Bertz CT molecular complexity index is 760. The van der Waals surface area contributed by atoms with Crippen LogP contribution in [0.15, 0.2) is 42.7 Å². The maximum Gasteiger partial charge on any atom is 0.311 e. The van der Waals surface area contributed by atoms with Gasteiger partial charge in [-0.3, -0.25) is 19.9 Å². The van der Waals surface area contributed by atoms with Crippen molar-refractivity contribution < 1.29 is 14.5 Å². The molecule has 0 unspecified atom stereocenters. The largest absolute Gasteiger partial charge is 0.490 e. The lowest BCUT2D eigenvalue weighted by atomic mass is 10.1. The molecule has 0 aliphatic heterocycles. The Labute approximate surface area is 139 Å². The van der Waals surface area contributed by atoms with Crippen LogP contribution < -0.4 is 4.74 Å². The molecule has 3 rings (SSSR count). The Kier molecular flexibility index (Phi) is 4.41. The highest BCUT2D eigenvalue weighted by Gasteiger charge is 2.33. The summed E-state index contributed by atoms with van der Waals surface area (Å²) in [6.45, 7) is 0.464. The van der Waals surface area contributed by atoms with Crippen molar-refractivity contribution in [2.24, 2.45) is 0 Å². The highest BCUT2D eigenvalue weighted by Crippen LogP contribution is 2.32. The number of rotatable bonds is 6. The molecule has 0 atom stereocenters. The fraction of sp³-hybridized carbons (Fsp3) is 0.294. The third kappa shape index (κ3) is 3.34. The molecular weight excluding hydrogens is 310 g/mol. The molecule has 1 aliphatic rings. The van der Waals surface area contributed by atoms with Gasteiger partial charge in [0.05, 0.1) is 12.0 Å². The van der Waals surface area contributed by atoms with Gasteiger partial charge in [-0.25, -0.2) is 0 Å². The van der Waals surface area contributed by atoms with E-state index in [4.69, 9.17) is 4.74 Å². The monoisotopic (exact) mass is 327 g/mol. The molecular formula is C17H17N3O4. The minimum atomic E-state index is -0.542. The highest BCUT2D eigenvalue weighted by molar-refractivity contribution is 5.95. The molecule has 1 saturated carbocycles. The summed E-state index contributed by atoms with van der Waals surface area (Å²) in [4.78, 5) is 29.2. The van der Waals surface area contributed by atoms with E-state index in [9.17, 15) is 14.9 Å². The van der Waals surface area contributed by atoms with Crippen LogP contribution in [0.5, 0.6) is 5.75 Å². The number of pyridine rings is 1. The van der Waals surface area contributed by atoms with Crippen molar-refractivity contribution in [2.45, 2.75) is 25.4 Å². The number of hydrogen-bond donors (Lipinski definition) is 0. The molecule has 124 valence electrons. The van der Waals surface area contributed by atoms with E-state index >= 15 is 0 Å². The van der Waals surface area contributed by atoms with Gasteiger partial charge in [0, 0.05) is 36.6 Å². The first-order valence-electron chi connectivity index (χ1n) is 7.62. The van der Waals surface area contributed by atoms with Crippen molar-refractivity contribution in [2.75, 3.05) is 7.11 Å². The van der Waals surface area contributed by atoms with Gasteiger partial charge in [-0.2, -0.15) is 0 Å². The first-order chi connectivity index (χ1) is 11.6. The number of aromatic nitrogens is 1. The van der Waals surface area contributed by atoms with Gasteiger partial charge in [0.25, 0.3) is 5.91 Å². The molecule has 1 fully saturated rings. The second-order valence-corrected chi connectivity index (χ2v) is 5.66. The number of nitro groups is 1. The molecule has 0 N–H and O–H groups in total. The maximum absolute atomic E-state index is 12.9. The third-order valence-corrected chi connectivity index (χ3v) is 3.97.